The first kappa shape index (κ1) is 16.3. The molecule has 2 bridgehead atoms. The summed E-state index contributed by atoms with van der Waals surface area (Å²) in [4.78, 5) is 19.4. The molecule has 5 heterocycles. The Balaban J connectivity index is 1.30. The molecular formula is C19H23N3O3S. The van der Waals surface area contributed by atoms with Gasteiger partial charge in [-0.3, -0.25) is 4.79 Å². The van der Waals surface area contributed by atoms with Gasteiger partial charge < -0.3 is 19.4 Å². The number of hydrogen-bond acceptors (Lipinski definition) is 6. The molecule has 1 amide bonds. The lowest BCUT2D eigenvalue weighted by molar-refractivity contribution is 0.0141. The van der Waals surface area contributed by atoms with Crippen LogP contribution < -0.4 is 10.2 Å². The fourth-order valence-electron chi connectivity index (χ4n) is 5.14. The molecule has 0 aromatic carbocycles. The highest BCUT2D eigenvalue weighted by Crippen LogP contribution is 2.55. The van der Waals surface area contributed by atoms with Crippen molar-refractivity contribution in [3.63, 3.8) is 0 Å². The topological polar surface area (TPSA) is 67.6 Å². The van der Waals surface area contributed by atoms with Crippen molar-refractivity contribution in [2.24, 2.45) is 11.8 Å². The zero-order chi connectivity index (χ0) is 17.9. The molecule has 6 nitrogen and oxygen atoms in total. The number of carbonyl (C=O) groups is 1. The molecular weight excluding hydrogens is 350 g/mol. The molecule has 1 spiro atoms. The zero-order valence-electron chi connectivity index (χ0n) is 15.0. The SMILES string of the molecule is Cc1cc(C(=O)NC[C@H]2[C@H]3CN(c4nccs4)C[C@]34CC[C@H]2O4)c(C)o1. The van der Waals surface area contributed by atoms with Gasteiger partial charge in [0.25, 0.3) is 5.91 Å². The summed E-state index contributed by atoms with van der Waals surface area (Å²) in [6.07, 6.45) is 4.34. The molecule has 5 rings (SSSR count). The van der Waals surface area contributed by atoms with Gasteiger partial charge >= 0.3 is 0 Å². The second kappa shape index (κ2) is 5.82. The first-order chi connectivity index (χ1) is 12.6. The van der Waals surface area contributed by atoms with E-state index in [1.807, 2.05) is 31.5 Å². The van der Waals surface area contributed by atoms with E-state index in [0.29, 0.717) is 29.7 Å². The van der Waals surface area contributed by atoms with Crippen molar-refractivity contribution in [3.05, 3.63) is 34.7 Å². The van der Waals surface area contributed by atoms with Gasteiger partial charge in [-0.05, 0) is 32.8 Å². The molecule has 0 saturated carbocycles. The molecule has 0 aliphatic carbocycles. The molecule has 4 atom stereocenters. The molecule has 3 aliphatic rings. The van der Waals surface area contributed by atoms with E-state index in [0.717, 1.165) is 36.8 Å². The van der Waals surface area contributed by atoms with Crippen molar-refractivity contribution in [2.45, 2.75) is 38.4 Å². The minimum atomic E-state index is -0.0500. The van der Waals surface area contributed by atoms with Gasteiger partial charge in [0.05, 0.1) is 17.3 Å². The van der Waals surface area contributed by atoms with E-state index in [1.165, 1.54) is 0 Å². The fourth-order valence-corrected chi connectivity index (χ4v) is 5.80. The number of furan rings is 1. The number of rotatable bonds is 4. The van der Waals surface area contributed by atoms with Gasteiger partial charge in [-0.2, -0.15) is 0 Å². The van der Waals surface area contributed by atoms with Gasteiger partial charge in [-0.15, -0.1) is 11.3 Å². The molecule has 1 N–H and O–H groups in total. The highest BCUT2D eigenvalue weighted by molar-refractivity contribution is 7.13. The number of aromatic nitrogens is 1. The second-order valence-electron chi connectivity index (χ2n) is 7.76. The number of fused-ring (bicyclic) bond motifs is 1. The van der Waals surface area contributed by atoms with Crippen LogP contribution in [0.3, 0.4) is 0 Å². The minimum Gasteiger partial charge on any atom is -0.466 e. The van der Waals surface area contributed by atoms with Gasteiger partial charge in [0.2, 0.25) is 0 Å². The molecule has 0 unspecified atom stereocenters. The maximum absolute atomic E-state index is 12.6. The number of amides is 1. The Hall–Kier alpha value is -1.86. The predicted octanol–water partition coefficient (Wildman–Crippen LogP) is 2.77. The minimum absolute atomic E-state index is 0.0477. The molecule has 2 aromatic heterocycles. The molecule has 7 heteroatoms. The summed E-state index contributed by atoms with van der Waals surface area (Å²) in [5.74, 6) is 2.22. The van der Waals surface area contributed by atoms with Crippen LogP contribution in [-0.2, 0) is 4.74 Å². The Labute approximate surface area is 156 Å². The van der Waals surface area contributed by atoms with Crippen LogP contribution in [-0.4, -0.2) is 42.2 Å². The van der Waals surface area contributed by atoms with Crippen LogP contribution in [0, 0.1) is 25.7 Å². The van der Waals surface area contributed by atoms with Crippen LogP contribution in [0.4, 0.5) is 5.13 Å². The Morgan fingerprint density at radius 1 is 1.50 bits per heavy atom. The normalized spacial score (nSPS) is 32.2. The number of nitrogens with zero attached hydrogens (tertiary/aromatic N) is 2. The highest BCUT2D eigenvalue weighted by Gasteiger charge is 2.63. The second-order valence-corrected chi connectivity index (χ2v) is 8.64. The maximum Gasteiger partial charge on any atom is 0.254 e. The van der Waals surface area contributed by atoms with Crippen molar-refractivity contribution >= 4 is 22.4 Å². The van der Waals surface area contributed by atoms with Crippen molar-refractivity contribution in [2.75, 3.05) is 24.5 Å². The molecule has 3 saturated heterocycles. The third-order valence-corrected chi connectivity index (χ3v) is 7.09. The Bertz CT molecular complexity index is 833. The van der Waals surface area contributed by atoms with Crippen LogP contribution in [0.25, 0.3) is 0 Å². The lowest BCUT2D eigenvalue weighted by atomic mass is 9.73. The summed E-state index contributed by atoms with van der Waals surface area (Å²) in [6.45, 7) is 6.25. The summed E-state index contributed by atoms with van der Waals surface area (Å²) in [7, 11) is 0. The fraction of sp³-hybridized carbons (Fsp3) is 0.579. The lowest BCUT2D eigenvalue weighted by Gasteiger charge is -2.29. The monoisotopic (exact) mass is 373 g/mol. The number of anilines is 1. The summed E-state index contributed by atoms with van der Waals surface area (Å²) >= 11 is 1.68. The number of nitrogens with one attached hydrogen (secondary N) is 1. The van der Waals surface area contributed by atoms with E-state index in [1.54, 1.807) is 11.3 Å². The predicted molar refractivity (Wildman–Crippen MR) is 98.7 cm³/mol. The van der Waals surface area contributed by atoms with Crippen LogP contribution in [0.1, 0.15) is 34.7 Å². The third-order valence-electron chi connectivity index (χ3n) is 6.26. The molecule has 3 aliphatic heterocycles. The van der Waals surface area contributed by atoms with Gasteiger partial charge in [0, 0.05) is 43.0 Å². The Kier molecular flexibility index (Phi) is 3.66. The summed E-state index contributed by atoms with van der Waals surface area (Å²) < 4.78 is 11.9. The first-order valence-corrected chi connectivity index (χ1v) is 10.1. The van der Waals surface area contributed by atoms with Crippen molar-refractivity contribution in [3.8, 4) is 0 Å². The molecule has 2 aromatic rings. The number of carbonyl (C=O) groups excluding carboxylic acids is 1. The third kappa shape index (κ3) is 2.41. The van der Waals surface area contributed by atoms with E-state index < -0.39 is 0 Å². The molecule has 26 heavy (non-hydrogen) atoms. The van der Waals surface area contributed by atoms with E-state index in [2.05, 4.69) is 15.2 Å². The maximum atomic E-state index is 12.6. The van der Waals surface area contributed by atoms with Crippen molar-refractivity contribution < 1.29 is 13.9 Å². The largest absolute Gasteiger partial charge is 0.466 e. The van der Waals surface area contributed by atoms with E-state index in [9.17, 15) is 4.79 Å². The van der Waals surface area contributed by atoms with E-state index in [-0.39, 0.29) is 17.6 Å². The standard InChI is InChI=1S/C19H23N3O3S/c1-11-7-13(12(2)24-11)17(23)21-8-14-15-9-22(18-20-5-6-26-18)10-19(15)4-3-16(14)25-19/h5-7,14-16H,3-4,8-10H2,1-2H3,(H,21,23)/t14-,15+,16+,19+/m0/s1. The number of ether oxygens (including phenoxy) is 1. The summed E-state index contributed by atoms with van der Waals surface area (Å²) in [5, 5.41) is 6.23. The Morgan fingerprint density at radius 2 is 2.38 bits per heavy atom. The summed E-state index contributed by atoms with van der Waals surface area (Å²) in [5.41, 5.74) is 0.588. The first-order valence-electron chi connectivity index (χ1n) is 9.23. The van der Waals surface area contributed by atoms with Crippen LogP contribution >= 0.6 is 11.3 Å². The average Bonchev–Trinajstić information content (AvgIpc) is 3.39. The molecule has 0 radical (unpaired) electrons. The van der Waals surface area contributed by atoms with Gasteiger partial charge in [-0.1, -0.05) is 0 Å². The van der Waals surface area contributed by atoms with Crippen LogP contribution in [0.15, 0.2) is 22.1 Å². The van der Waals surface area contributed by atoms with Gasteiger partial charge in [-0.25, -0.2) is 4.98 Å². The molecule has 138 valence electrons. The molecule has 3 fully saturated rings. The number of thiazole rings is 1. The van der Waals surface area contributed by atoms with E-state index in [4.69, 9.17) is 9.15 Å². The van der Waals surface area contributed by atoms with Crippen molar-refractivity contribution in [1.82, 2.24) is 10.3 Å². The highest BCUT2D eigenvalue weighted by atomic mass is 32.1. The van der Waals surface area contributed by atoms with Gasteiger partial charge in [0.15, 0.2) is 5.13 Å². The van der Waals surface area contributed by atoms with E-state index >= 15 is 0 Å². The van der Waals surface area contributed by atoms with Crippen LogP contribution in [0.2, 0.25) is 0 Å². The summed E-state index contributed by atoms with van der Waals surface area (Å²) in [6, 6.07) is 1.81. The quantitative estimate of drug-likeness (QED) is 0.893. The average molecular weight is 373 g/mol. The zero-order valence-corrected chi connectivity index (χ0v) is 15.8. The number of aryl methyl sites for hydroxylation is 2. The van der Waals surface area contributed by atoms with Crippen LogP contribution in [0.5, 0.6) is 0 Å². The van der Waals surface area contributed by atoms with Gasteiger partial charge in [0.1, 0.15) is 11.5 Å². The number of hydrogen-bond donors (Lipinski definition) is 1. The smallest absolute Gasteiger partial charge is 0.254 e. The van der Waals surface area contributed by atoms with Crippen molar-refractivity contribution in [1.29, 1.82) is 0 Å². The lowest BCUT2D eigenvalue weighted by Crippen LogP contribution is -2.41. The Morgan fingerprint density at radius 3 is 3.12 bits per heavy atom.